The summed E-state index contributed by atoms with van der Waals surface area (Å²) < 4.78 is 12.2. The number of unbranched alkanes of at least 4 members (excludes halogenated alkanes) is 1. The Kier molecular flexibility index (Phi) is 4.92. The van der Waals surface area contributed by atoms with Gasteiger partial charge in [0.15, 0.2) is 0 Å². The maximum absolute atomic E-state index is 11.8. The lowest BCUT2D eigenvalue weighted by molar-refractivity contribution is 0.0363. The quantitative estimate of drug-likeness (QED) is 0.566. The number of nitrogens with zero attached hydrogens (tertiary/aromatic N) is 1. The van der Waals surface area contributed by atoms with Crippen LogP contribution in [0.3, 0.4) is 0 Å². The SMILES string of the molecule is CCCC[C@H]1COSN1C(=O)OC(C)(C)C. The molecule has 1 amide bonds. The van der Waals surface area contributed by atoms with E-state index in [4.69, 9.17) is 8.92 Å². The Hall–Kier alpha value is -0.420. The zero-order valence-corrected chi connectivity index (χ0v) is 11.3. The molecular weight excluding hydrogens is 226 g/mol. The van der Waals surface area contributed by atoms with E-state index >= 15 is 0 Å². The largest absolute Gasteiger partial charge is 0.443 e. The van der Waals surface area contributed by atoms with E-state index in [1.54, 1.807) is 4.31 Å². The van der Waals surface area contributed by atoms with Crippen molar-refractivity contribution in [3.63, 3.8) is 0 Å². The van der Waals surface area contributed by atoms with Crippen LogP contribution < -0.4 is 0 Å². The number of rotatable bonds is 3. The fraction of sp³-hybridized carbons (Fsp3) is 0.909. The summed E-state index contributed by atoms with van der Waals surface area (Å²) in [4.78, 5) is 11.8. The summed E-state index contributed by atoms with van der Waals surface area (Å²) in [6, 6.07) is 0.153. The van der Waals surface area contributed by atoms with Crippen LogP contribution in [0, 0.1) is 0 Å². The van der Waals surface area contributed by atoms with E-state index in [1.165, 1.54) is 0 Å². The first-order valence-corrected chi connectivity index (χ1v) is 6.45. The minimum atomic E-state index is -0.449. The first-order chi connectivity index (χ1) is 7.44. The van der Waals surface area contributed by atoms with Gasteiger partial charge in [-0.1, -0.05) is 19.8 Å². The van der Waals surface area contributed by atoms with Crippen molar-refractivity contribution in [1.29, 1.82) is 0 Å². The number of hydrogen-bond donors (Lipinski definition) is 0. The lowest BCUT2D eigenvalue weighted by Crippen LogP contribution is -2.37. The average Bonchev–Trinajstić information content (AvgIpc) is 2.59. The lowest BCUT2D eigenvalue weighted by Gasteiger charge is -2.25. The summed E-state index contributed by atoms with van der Waals surface area (Å²) in [5.41, 5.74) is -0.449. The molecule has 1 aliphatic heterocycles. The Labute approximate surface area is 102 Å². The van der Waals surface area contributed by atoms with E-state index in [-0.39, 0.29) is 12.1 Å². The molecule has 0 spiro atoms. The fourth-order valence-corrected chi connectivity index (χ4v) is 2.14. The van der Waals surface area contributed by atoms with Crippen LogP contribution in [0.15, 0.2) is 0 Å². The Morgan fingerprint density at radius 3 is 2.81 bits per heavy atom. The molecule has 16 heavy (non-hydrogen) atoms. The first kappa shape index (κ1) is 13.6. The Morgan fingerprint density at radius 1 is 1.56 bits per heavy atom. The van der Waals surface area contributed by atoms with Crippen LogP contribution in [-0.2, 0) is 8.92 Å². The molecule has 1 rings (SSSR count). The van der Waals surface area contributed by atoms with Crippen molar-refractivity contribution in [1.82, 2.24) is 4.31 Å². The molecule has 0 radical (unpaired) electrons. The van der Waals surface area contributed by atoms with Crippen molar-refractivity contribution in [3.05, 3.63) is 0 Å². The third-order valence-corrected chi connectivity index (χ3v) is 3.04. The van der Waals surface area contributed by atoms with Gasteiger partial charge in [-0.3, -0.25) is 4.18 Å². The first-order valence-electron chi connectivity index (χ1n) is 5.76. The molecule has 0 N–H and O–H groups in total. The molecule has 0 aliphatic carbocycles. The smallest absolute Gasteiger partial charge is 0.422 e. The Balaban J connectivity index is 2.47. The molecule has 0 aromatic heterocycles. The predicted molar refractivity (Wildman–Crippen MR) is 64.9 cm³/mol. The molecule has 0 bridgehead atoms. The summed E-state index contributed by atoms with van der Waals surface area (Å²) in [5, 5.41) is 0. The number of carbonyl (C=O) groups excluding carboxylic acids is 1. The minimum absolute atomic E-state index is 0.153. The molecule has 1 heterocycles. The average molecular weight is 247 g/mol. The molecule has 4 nitrogen and oxygen atoms in total. The second kappa shape index (κ2) is 5.77. The van der Waals surface area contributed by atoms with Gasteiger partial charge in [0.05, 0.1) is 12.6 Å². The zero-order chi connectivity index (χ0) is 12.2. The second-order valence-electron chi connectivity index (χ2n) is 4.96. The molecule has 94 valence electrons. The van der Waals surface area contributed by atoms with E-state index in [2.05, 4.69) is 6.92 Å². The van der Waals surface area contributed by atoms with E-state index in [9.17, 15) is 4.79 Å². The number of amides is 1. The molecule has 0 aromatic rings. The molecule has 0 saturated carbocycles. The normalized spacial score (nSPS) is 21.2. The highest BCUT2D eigenvalue weighted by atomic mass is 32.2. The molecule has 1 aliphatic rings. The summed E-state index contributed by atoms with van der Waals surface area (Å²) in [6.07, 6.45) is 2.91. The van der Waals surface area contributed by atoms with Gasteiger partial charge in [-0.2, -0.15) is 0 Å². The van der Waals surface area contributed by atoms with Gasteiger partial charge in [-0.05, 0) is 27.2 Å². The van der Waals surface area contributed by atoms with Crippen LogP contribution in [-0.4, -0.2) is 28.6 Å². The maximum Gasteiger partial charge on any atom is 0.422 e. The van der Waals surface area contributed by atoms with Crippen molar-refractivity contribution < 1.29 is 13.7 Å². The third kappa shape index (κ3) is 4.22. The zero-order valence-electron chi connectivity index (χ0n) is 10.5. The van der Waals surface area contributed by atoms with Gasteiger partial charge in [0, 0.05) is 0 Å². The van der Waals surface area contributed by atoms with Gasteiger partial charge in [-0.15, -0.1) is 0 Å². The van der Waals surface area contributed by atoms with Crippen LogP contribution in [0.2, 0.25) is 0 Å². The number of ether oxygens (including phenoxy) is 1. The number of carbonyl (C=O) groups is 1. The van der Waals surface area contributed by atoms with E-state index < -0.39 is 5.60 Å². The minimum Gasteiger partial charge on any atom is -0.443 e. The summed E-state index contributed by atoms with van der Waals surface area (Å²) in [5.74, 6) is 0. The summed E-state index contributed by atoms with van der Waals surface area (Å²) in [7, 11) is 0. The monoisotopic (exact) mass is 247 g/mol. The fourth-order valence-electron chi connectivity index (χ4n) is 1.42. The van der Waals surface area contributed by atoms with Crippen molar-refractivity contribution in [2.45, 2.75) is 58.6 Å². The molecule has 1 atom stereocenters. The van der Waals surface area contributed by atoms with Gasteiger partial charge in [0.1, 0.15) is 17.8 Å². The molecular formula is C11H21NO3S. The van der Waals surface area contributed by atoms with Crippen LogP contribution >= 0.6 is 12.2 Å². The van der Waals surface area contributed by atoms with Gasteiger partial charge in [0.2, 0.25) is 0 Å². The highest BCUT2D eigenvalue weighted by molar-refractivity contribution is 7.93. The topological polar surface area (TPSA) is 38.8 Å². The standard InChI is InChI=1S/C11H21NO3S/c1-5-6-7-9-8-14-16-12(9)10(13)15-11(2,3)4/h9H,5-8H2,1-4H3/t9-/m0/s1. The molecule has 5 heteroatoms. The van der Waals surface area contributed by atoms with Crippen molar-refractivity contribution in [2.24, 2.45) is 0 Å². The van der Waals surface area contributed by atoms with E-state index in [0.717, 1.165) is 31.5 Å². The molecule has 1 fully saturated rings. The van der Waals surface area contributed by atoms with Gasteiger partial charge < -0.3 is 4.74 Å². The van der Waals surface area contributed by atoms with Gasteiger partial charge >= 0.3 is 6.09 Å². The van der Waals surface area contributed by atoms with Crippen LogP contribution in [0.1, 0.15) is 47.0 Å². The number of hydrogen-bond acceptors (Lipinski definition) is 4. The Morgan fingerprint density at radius 2 is 2.25 bits per heavy atom. The molecule has 0 unspecified atom stereocenters. The predicted octanol–water partition coefficient (Wildman–Crippen LogP) is 3.38. The van der Waals surface area contributed by atoms with Crippen molar-refractivity contribution in [3.8, 4) is 0 Å². The summed E-state index contributed by atoms with van der Waals surface area (Å²) in [6.45, 7) is 8.35. The van der Waals surface area contributed by atoms with Crippen molar-refractivity contribution >= 4 is 18.3 Å². The van der Waals surface area contributed by atoms with Gasteiger partial charge in [0.25, 0.3) is 0 Å². The molecule has 0 aromatic carbocycles. The molecule has 1 saturated heterocycles. The van der Waals surface area contributed by atoms with E-state index in [0.29, 0.717) is 6.61 Å². The maximum atomic E-state index is 11.8. The lowest BCUT2D eigenvalue weighted by atomic mass is 10.1. The second-order valence-corrected chi connectivity index (χ2v) is 5.74. The van der Waals surface area contributed by atoms with Crippen molar-refractivity contribution in [2.75, 3.05) is 6.61 Å². The Bertz CT molecular complexity index is 240. The van der Waals surface area contributed by atoms with Crippen LogP contribution in [0.5, 0.6) is 0 Å². The van der Waals surface area contributed by atoms with E-state index in [1.807, 2.05) is 20.8 Å². The van der Waals surface area contributed by atoms with Crippen LogP contribution in [0.4, 0.5) is 4.79 Å². The highest BCUT2D eigenvalue weighted by Gasteiger charge is 2.34. The van der Waals surface area contributed by atoms with Gasteiger partial charge in [-0.25, -0.2) is 9.10 Å². The summed E-state index contributed by atoms with van der Waals surface area (Å²) >= 11 is 1.11. The van der Waals surface area contributed by atoms with Crippen LogP contribution in [0.25, 0.3) is 0 Å². The highest BCUT2D eigenvalue weighted by Crippen LogP contribution is 2.29. The third-order valence-electron chi connectivity index (χ3n) is 2.19.